The van der Waals surface area contributed by atoms with Gasteiger partial charge in [-0.25, -0.2) is 0 Å². The molecule has 52 valence electrons. The van der Waals surface area contributed by atoms with Crippen molar-refractivity contribution in [2.24, 2.45) is 4.99 Å². The molecule has 1 aliphatic rings. The molecule has 0 aliphatic carbocycles. The van der Waals surface area contributed by atoms with E-state index in [9.17, 15) is 0 Å². The minimum atomic E-state index is 0.902. The van der Waals surface area contributed by atoms with E-state index in [4.69, 9.17) is 0 Å². The van der Waals surface area contributed by atoms with E-state index in [0.717, 1.165) is 32.0 Å². The van der Waals surface area contributed by atoms with Gasteiger partial charge in [-0.3, -0.25) is 4.99 Å². The summed E-state index contributed by atoms with van der Waals surface area (Å²) in [4.78, 5) is 4.23. The first-order valence-corrected chi connectivity index (χ1v) is 3.35. The summed E-state index contributed by atoms with van der Waals surface area (Å²) in [6.45, 7) is 5.96. The fourth-order valence-electron chi connectivity index (χ4n) is 0.815. The van der Waals surface area contributed by atoms with E-state index in [1.165, 1.54) is 0 Å². The minimum absolute atomic E-state index is 0.902. The van der Waals surface area contributed by atoms with Crippen molar-refractivity contribution < 1.29 is 0 Å². The molecular weight excluding hydrogens is 114 g/mol. The van der Waals surface area contributed by atoms with Crippen LogP contribution in [0.15, 0.2) is 4.99 Å². The van der Waals surface area contributed by atoms with Crippen LogP contribution >= 0.6 is 0 Å². The molecule has 0 atom stereocenters. The van der Waals surface area contributed by atoms with Crippen LogP contribution in [0.2, 0.25) is 0 Å². The van der Waals surface area contributed by atoms with Crippen LogP contribution < -0.4 is 10.6 Å². The van der Waals surface area contributed by atoms with Gasteiger partial charge in [0.25, 0.3) is 0 Å². The molecule has 0 spiro atoms. The lowest BCUT2D eigenvalue weighted by molar-refractivity contribution is 0.656. The van der Waals surface area contributed by atoms with Crippen molar-refractivity contribution in [1.29, 1.82) is 0 Å². The molecule has 9 heavy (non-hydrogen) atoms. The van der Waals surface area contributed by atoms with E-state index >= 15 is 0 Å². The van der Waals surface area contributed by atoms with Crippen LogP contribution in [0.4, 0.5) is 0 Å². The van der Waals surface area contributed by atoms with Crippen LogP contribution in [-0.2, 0) is 0 Å². The molecule has 1 rings (SSSR count). The SMILES string of the molecule is CC1=NCCNCCN1. The molecule has 1 heterocycles. The second-order valence-corrected chi connectivity index (χ2v) is 2.14. The van der Waals surface area contributed by atoms with E-state index in [1.54, 1.807) is 0 Å². The van der Waals surface area contributed by atoms with Crippen LogP contribution in [-0.4, -0.2) is 32.0 Å². The van der Waals surface area contributed by atoms with Crippen molar-refractivity contribution in [3.8, 4) is 0 Å². The second kappa shape index (κ2) is 3.45. The van der Waals surface area contributed by atoms with Crippen molar-refractivity contribution in [3.05, 3.63) is 0 Å². The fraction of sp³-hybridized carbons (Fsp3) is 0.833. The average molecular weight is 127 g/mol. The Bertz CT molecular complexity index is 109. The maximum Gasteiger partial charge on any atom is 0.0932 e. The molecule has 0 aromatic carbocycles. The van der Waals surface area contributed by atoms with Gasteiger partial charge >= 0.3 is 0 Å². The normalized spacial score (nSPS) is 21.2. The van der Waals surface area contributed by atoms with Gasteiger partial charge in [-0.05, 0) is 6.92 Å². The summed E-state index contributed by atoms with van der Waals surface area (Å²) >= 11 is 0. The predicted octanol–water partition coefficient (Wildman–Crippen LogP) is -0.402. The van der Waals surface area contributed by atoms with Gasteiger partial charge in [0.2, 0.25) is 0 Å². The first-order valence-electron chi connectivity index (χ1n) is 3.35. The van der Waals surface area contributed by atoms with E-state index in [2.05, 4.69) is 15.6 Å². The Labute approximate surface area is 55.6 Å². The third kappa shape index (κ3) is 2.46. The summed E-state index contributed by atoms with van der Waals surface area (Å²) in [5.74, 6) is 1.07. The van der Waals surface area contributed by atoms with E-state index in [0.29, 0.717) is 0 Å². The average Bonchev–Trinajstić information content (AvgIpc) is 1.79. The first-order chi connectivity index (χ1) is 4.39. The number of hydrogen-bond acceptors (Lipinski definition) is 3. The van der Waals surface area contributed by atoms with Crippen LogP contribution in [0.25, 0.3) is 0 Å². The van der Waals surface area contributed by atoms with E-state index in [1.807, 2.05) is 6.92 Å². The highest BCUT2D eigenvalue weighted by Gasteiger charge is 1.93. The van der Waals surface area contributed by atoms with Crippen molar-refractivity contribution in [2.45, 2.75) is 6.92 Å². The van der Waals surface area contributed by atoms with Crippen LogP contribution in [0, 0.1) is 0 Å². The summed E-state index contributed by atoms with van der Waals surface area (Å²) < 4.78 is 0. The molecule has 0 bridgehead atoms. The smallest absolute Gasteiger partial charge is 0.0932 e. The predicted molar refractivity (Wildman–Crippen MR) is 38.8 cm³/mol. The van der Waals surface area contributed by atoms with Crippen molar-refractivity contribution in [2.75, 3.05) is 26.2 Å². The molecule has 0 radical (unpaired) electrons. The summed E-state index contributed by atoms with van der Waals surface area (Å²) in [5.41, 5.74) is 0. The highest BCUT2D eigenvalue weighted by atomic mass is 15.0. The van der Waals surface area contributed by atoms with Gasteiger partial charge in [0.15, 0.2) is 0 Å². The first kappa shape index (κ1) is 6.55. The molecule has 1 aliphatic heterocycles. The van der Waals surface area contributed by atoms with Crippen molar-refractivity contribution in [3.63, 3.8) is 0 Å². The summed E-state index contributed by atoms with van der Waals surface area (Å²) in [6, 6.07) is 0. The number of aliphatic imine (C=N–C) groups is 1. The Balaban J connectivity index is 2.32. The lowest BCUT2D eigenvalue weighted by Crippen LogP contribution is -2.34. The molecule has 3 nitrogen and oxygen atoms in total. The maximum atomic E-state index is 4.23. The topological polar surface area (TPSA) is 36.4 Å². The Hall–Kier alpha value is -0.570. The number of hydrogen-bond donors (Lipinski definition) is 2. The van der Waals surface area contributed by atoms with Gasteiger partial charge in [-0.1, -0.05) is 0 Å². The van der Waals surface area contributed by atoms with Gasteiger partial charge in [0.05, 0.1) is 12.4 Å². The molecule has 0 aromatic rings. The zero-order chi connectivity index (χ0) is 6.53. The number of nitrogens with one attached hydrogen (secondary N) is 2. The minimum Gasteiger partial charge on any atom is -0.373 e. The third-order valence-corrected chi connectivity index (χ3v) is 1.32. The van der Waals surface area contributed by atoms with E-state index in [-0.39, 0.29) is 0 Å². The quantitative estimate of drug-likeness (QED) is 0.464. The van der Waals surface area contributed by atoms with Gasteiger partial charge < -0.3 is 10.6 Å². The van der Waals surface area contributed by atoms with Gasteiger partial charge in [0.1, 0.15) is 0 Å². The molecule has 0 saturated carbocycles. The summed E-state index contributed by atoms with van der Waals surface area (Å²) in [5, 5.41) is 6.41. The molecule has 3 heteroatoms. The monoisotopic (exact) mass is 127 g/mol. The molecular formula is C6H13N3. The largest absolute Gasteiger partial charge is 0.373 e. The second-order valence-electron chi connectivity index (χ2n) is 2.14. The van der Waals surface area contributed by atoms with Gasteiger partial charge in [-0.2, -0.15) is 0 Å². The van der Waals surface area contributed by atoms with E-state index < -0.39 is 0 Å². The molecule has 0 saturated heterocycles. The molecule has 2 N–H and O–H groups in total. The van der Waals surface area contributed by atoms with Crippen LogP contribution in [0.3, 0.4) is 0 Å². The zero-order valence-corrected chi connectivity index (χ0v) is 5.78. The Morgan fingerprint density at radius 2 is 2.22 bits per heavy atom. The Kier molecular flexibility index (Phi) is 2.51. The standard InChI is InChI=1S/C6H13N3/c1-6-8-4-2-7-3-5-9-6/h7H,2-5H2,1H3,(H,8,9). The van der Waals surface area contributed by atoms with Gasteiger partial charge in [0, 0.05) is 19.6 Å². The number of rotatable bonds is 0. The highest BCUT2D eigenvalue weighted by molar-refractivity contribution is 5.79. The highest BCUT2D eigenvalue weighted by Crippen LogP contribution is 1.76. The fourth-order valence-corrected chi connectivity index (χ4v) is 0.815. The lowest BCUT2D eigenvalue weighted by atomic mass is 10.5. The molecule has 0 fully saturated rings. The number of amidine groups is 1. The van der Waals surface area contributed by atoms with Gasteiger partial charge in [-0.15, -0.1) is 0 Å². The number of nitrogens with zero attached hydrogens (tertiary/aromatic N) is 1. The molecule has 0 amide bonds. The summed E-state index contributed by atoms with van der Waals surface area (Å²) in [7, 11) is 0. The Morgan fingerprint density at radius 3 is 3.11 bits per heavy atom. The van der Waals surface area contributed by atoms with Crippen LogP contribution in [0.1, 0.15) is 6.92 Å². The lowest BCUT2D eigenvalue weighted by Gasteiger charge is -2.10. The third-order valence-electron chi connectivity index (χ3n) is 1.32. The van der Waals surface area contributed by atoms with Crippen LogP contribution in [0.5, 0.6) is 0 Å². The van der Waals surface area contributed by atoms with Crippen molar-refractivity contribution in [1.82, 2.24) is 10.6 Å². The molecule has 0 unspecified atom stereocenters. The van der Waals surface area contributed by atoms with Crippen molar-refractivity contribution >= 4 is 5.84 Å². The molecule has 0 aromatic heterocycles. The zero-order valence-electron chi connectivity index (χ0n) is 5.78. The Morgan fingerprint density at radius 1 is 1.33 bits per heavy atom. The maximum absolute atomic E-state index is 4.23. The summed E-state index contributed by atoms with van der Waals surface area (Å²) in [6.07, 6.45) is 0.